The lowest BCUT2D eigenvalue weighted by Crippen LogP contribution is -2.53. The molecule has 6 heteroatoms. The monoisotopic (exact) mass is 375 g/mol. The van der Waals surface area contributed by atoms with Gasteiger partial charge in [0.05, 0.1) is 25.9 Å². The molecule has 0 radical (unpaired) electrons. The van der Waals surface area contributed by atoms with Crippen LogP contribution in [0.25, 0.3) is 0 Å². The van der Waals surface area contributed by atoms with Crippen molar-refractivity contribution in [3.63, 3.8) is 0 Å². The van der Waals surface area contributed by atoms with Crippen molar-refractivity contribution in [1.29, 1.82) is 0 Å². The molecule has 1 aromatic rings. The van der Waals surface area contributed by atoms with Crippen LogP contribution in [0.15, 0.2) is 29.3 Å². The maximum Gasteiger partial charge on any atom is 0.194 e. The number of nitrogens with zero attached hydrogens (tertiary/aromatic N) is 2. The summed E-state index contributed by atoms with van der Waals surface area (Å²) in [5.74, 6) is 0.960. The van der Waals surface area contributed by atoms with Crippen LogP contribution in [0.5, 0.6) is 0 Å². The van der Waals surface area contributed by atoms with Crippen molar-refractivity contribution in [2.75, 3.05) is 39.5 Å². The van der Waals surface area contributed by atoms with Gasteiger partial charge in [0.1, 0.15) is 6.10 Å². The second kappa shape index (κ2) is 10.6. The summed E-state index contributed by atoms with van der Waals surface area (Å²) in [6, 6.07) is 8.51. The normalized spacial score (nSPS) is 23.6. The van der Waals surface area contributed by atoms with Crippen LogP contribution in [0.3, 0.4) is 0 Å². The zero-order valence-electron chi connectivity index (χ0n) is 16.7. The highest BCUT2D eigenvalue weighted by Gasteiger charge is 2.32. The fraction of sp³-hybridized carbons (Fsp3) is 0.667. The molecule has 0 aromatic heterocycles. The van der Waals surface area contributed by atoms with E-state index >= 15 is 0 Å². The Balaban J connectivity index is 1.59. The highest BCUT2D eigenvalue weighted by molar-refractivity contribution is 5.80. The maximum absolute atomic E-state index is 5.97. The molecular formula is C21H33N3O3. The summed E-state index contributed by atoms with van der Waals surface area (Å²) in [5.41, 5.74) is 2.40. The fourth-order valence-corrected chi connectivity index (χ4v) is 3.54. The Morgan fingerprint density at radius 3 is 2.63 bits per heavy atom. The number of ether oxygens (including phenoxy) is 3. The summed E-state index contributed by atoms with van der Waals surface area (Å²) in [6.07, 6.45) is 2.61. The molecule has 2 heterocycles. The van der Waals surface area contributed by atoms with Crippen molar-refractivity contribution in [2.45, 2.75) is 52.0 Å². The van der Waals surface area contributed by atoms with Gasteiger partial charge in [0, 0.05) is 32.8 Å². The summed E-state index contributed by atoms with van der Waals surface area (Å²) < 4.78 is 17.2. The van der Waals surface area contributed by atoms with Gasteiger partial charge in [-0.3, -0.25) is 0 Å². The number of rotatable bonds is 7. The van der Waals surface area contributed by atoms with Crippen LogP contribution in [0.1, 0.15) is 37.8 Å². The van der Waals surface area contributed by atoms with Gasteiger partial charge < -0.3 is 24.4 Å². The smallest absolute Gasteiger partial charge is 0.194 e. The third-order valence-corrected chi connectivity index (χ3v) is 5.01. The summed E-state index contributed by atoms with van der Waals surface area (Å²) in [7, 11) is 0. The Morgan fingerprint density at radius 1 is 1.15 bits per heavy atom. The lowest BCUT2D eigenvalue weighted by molar-refractivity contribution is -0.0817. The Bertz CT molecular complexity index is 585. The number of morpholine rings is 1. The molecule has 2 fully saturated rings. The molecule has 2 atom stereocenters. The molecule has 2 aliphatic rings. The van der Waals surface area contributed by atoms with Crippen LogP contribution in [0.2, 0.25) is 0 Å². The molecule has 6 nitrogen and oxygen atoms in total. The highest BCUT2D eigenvalue weighted by atomic mass is 16.5. The number of guanidine groups is 1. The molecule has 150 valence electrons. The fourth-order valence-electron chi connectivity index (χ4n) is 3.54. The third kappa shape index (κ3) is 5.92. The van der Waals surface area contributed by atoms with Gasteiger partial charge >= 0.3 is 0 Å². The molecule has 0 amide bonds. The molecule has 1 aromatic carbocycles. The van der Waals surface area contributed by atoms with Crippen molar-refractivity contribution in [2.24, 2.45) is 4.99 Å². The number of hydrogen-bond acceptors (Lipinski definition) is 4. The predicted octanol–water partition coefficient (Wildman–Crippen LogP) is 2.57. The van der Waals surface area contributed by atoms with E-state index in [0.717, 1.165) is 58.3 Å². The maximum atomic E-state index is 5.97. The minimum absolute atomic E-state index is 0.142. The van der Waals surface area contributed by atoms with Crippen LogP contribution in [-0.2, 0) is 27.4 Å². The molecule has 0 bridgehead atoms. The first kappa shape index (κ1) is 20.1. The van der Waals surface area contributed by atoms with Gasteiger partial charge in [0.25, 0.3) is 0 Å². The average Bonchev–Trinajstić information content (AvgIpc) is 3.25. The zero-order chi connectivity index (χ0) is 18.9. The lowest BCUT2D eigenvalue weighted by atomic mass is 10.1. The van der Waals surface area contributed by atoms with E-state index in [2.05, 4.69) is 41.4 Å². The second-order valence-corrected chi connectivity index (χ2v) is 7.03. The highest BCUT2D eigenvalue weighted by Crippen LogP contribution is 2.21. The van der Waals surface area contributed by atoms with Crippen LogP contribution < -0.4 is 5.32 Å². The second-order valence-electron chi connectivity index (χ2n) is 7.03. The molecule has 3 rings (SSSR count). The first-order chi connectivity index (χ1) is 13.3. The van der Waals surface area contributed by atoms with Crippen molar-refractivity contribution in [3.05, 3.63) is 35.4 Å². The molecular weight excluding hydrogens is 342 g/mol. The first-order valence-corrected chi connectivity index (χ1v) is 10.2. The van der Waals surface area contributed by atoms with Crippen LogP contribution in [-0.4, -0.2) is 62.5 Å². The average molecular weight is 376 g/mol. The molecule has 2 unspecified atom stereocenters. The third-order valence-electron chi connectivity index (χ3n) is 5.01. The molecule has 2 saturated heterocycles. The van der Waals surface area contributed by atoms with E-state index in [1.54, 1.807) is 0 Å². The molecule has 27 heavy (non-hydrogen) atoms. The van der Waals surface area contributed by atoms with E-state index in [1.165, 1.54) is 11.1 Å². The minimum atomic E-state index is 0.142. The number of hydrogen-bond donors (Lipinski definition) is 1. The Kier molecular flexibility index (Phi) is 7.93. The van der Waals surface area contributed by atoms with E-state index in [4.69, 9.17) is 19.2 Å². The van der Waals surface area contributed by atoms with Crippen LogP contribution in [0, 0.1) is 0 Å². The standard InChI is InChI=1S/C21H33N3O3/c1-3-22-21(23-14-17-7-9-18(10-8-17)16-25-4-2)24-11-13-27-20(15-24)19-6-5-12-26-19/h7-10,19-20H,3-6,11-16H2,1-2H3,(H,22,23). The van der Waals surface area contributed by atoms with Gasteiger partial charge in [-0.2, -0.15) is 0 Å². The molecule has 1 N–H and O–H groups in total. The Morgan fingerprint density at radius 2 is 1.93 bits per heavy atom. The minimum Gasteiger partial charge on any atom is -0.377 e. The first-order valence-electron chi connectivity index (χ1n) is 10.2. The largest absolute Gasteiger partial charge is 0.377 e. The van der Waals surface area contributed by atoms with E-state index in [1.807, 2.05) is 6.92 Å². The number of benzene rings is 1. The van der Waals surface area contributed by atoms with Crippen LogP contribution in [0.4, 0.5) is 0 Å². The van der Waals surface area contributed by atoms with E-state index < -0.39 is 0 Å². The van der Waals surface area contributed by atoms with Gasteiger partial charge in [-0.05, 0) is 37.8 Å². The van der Waals surface area contributed by atoms with E-state index in [9.17, 15) is 0 Å². The molecule has 2 aliphatic heterocycles. The Hall–Kier alpha value is -1.63. The lowest BCUT2D eigenvalue weighted by Gasteiger charge is -2.37. The van der Waals surface area contributed by atoms with E-state index in [0.29, 0.717) is 13.2 Å². The van der Waals surface area contributed by atoms with Crippen molar-refractivity contribution in [3.8, 4) is 0 Å². The van der Waals surface area contributed by atoms with E-state index in [-0.39, 0.29) is 12.2 Å². The van der Waals surface area contributed by atoms with Gasteiger partial charge in [-0.1, -0.05) is 24.3 Å². The summed E-state index contributed by atoms with van der Waals surface area (Å²) in [6.45, 7) is 10.3. The molecule has 0 spiro atoms. The van der Waals surface area contributed by atoms with Gasteiger partial charge in [0.15, 0.2) is 5.96 Å². The topological polar surface area (TPSA) is 55.3 Å². The predicted molar refractivity (Wildman–Crippen MR) is 107 cm³/mol. The van der Waals surface area contributed by atoms with Gasteiger partial charge in [0.2, 0.25) is 0 Å². The van der Waals surface area contributed by atoms with Crippen LogP contribution >= 0.6 is 0 Å². The summed E-state index contributed by atoms with van der Waals surface area (Å²) in [4.78, 5) is 7.17. The van der Waals surface area contributed by atoms with Gasteiger partial charge in [-0.15, -0.1) is 0 Å². The number of nitrogens with one attached hydrogen (secondary N) is 1. The SMILES string of the molecule is CCNC(=NCc1ccc(COCC)cc1)N1CCOC(C2CCCO2)C1. The molecule has 0 saturated carbocycles. The summed E-state index contributed by atoms with van der Waals surface area (Å²) >= 11 is 0. The zero-order valence-corrected chi connectivity index (χ0v) is 16.7. The quantitative estimate of drug-likeness (QED) is 0.586. The van der Waals surface area contributed by atoms with Crippen molar-refractivity contribution in [1.82, 2.24) is 10.2 Å². The van der Waals surface area contributed by atoms with Crippen molar-refractivity contribution < 1.29 is 14.2 Å². The van der Waals surface area contributed by atoms with Crippen molar-refractivity contribution >= 4 is 5.96 Å². The summed E-state index contributed by atoms with van der Waals surface area (Å²) in [5, 5.41) is 3.43. The Labute approximate surface area is 162 Å². The van der Waals surface area contributed by atoms with Gasteiger partial charge in [-0.25, -0.2) is 4.99 Å². The number of aliphatic imine (C=N–C) groups is 1. The molecule has 0 aliphatic carbocycles.